The maximum Gasteiger partial charge on any atom is 0.332 e. The van der Waals surface area contributed by atoms with Gasteiger partial charge in [-0.1, -0.05) is 18.2 Å². The molecule has 0 saturated carbocycles. The van der Waals surface area contributed by atoms with Crippen molar-refractivity contribution in [2.45, 2.75) is 6.54 Å². The van der Waals surface area contributed by atoms with E-state index in [-0.39, 0.29) is 23.5 Å². The maximum absolute atomic E-state index is 12.6. The number of hydrogen-bond donors (Lipinski definition) is 2. The van der Waals surface area contributed by atoms with Gasteiger partial charge in [0.2, 0.25) is 5.95 Å². The van der Waals surface area contributed by atoms with E-state index in [4.69, 9.17) is 0 Å². The molecule has 9 nitrogen and oxygen atoms in total. The van der Waals surface area contributed by atoms with Gasteiger partial charge in [0, 0.05) is 20.6 Å². The number of rotatable bonds is 5. The topological polar surface area (TPSA) is 106 Å². The molecule has 0 aliphatic carbocycles. The van der Waals surface area contributed by atoms with Gasteiger partial charge in [-0.25, -0.2) is 10.2 Å². The van der Waals surface area contributed by atoms with E-state index in [1.54, 1.807) is 38.4 Å². The molecular formula is C17H18N6O3. The molecule has 0 bridgehead atoms. The highest BCUT2D eigenvalue weighted by Crippen LogP contribution is 2.13. The first-order valence-corrected chi connectivity index (χ1v) is 7.79. The van der Waals surface area contributed by atoms with Gasteiger partial charge in [0.05, 0.1) is 6.21 Å². The molecule has 0 spiro atoms. The van der Waals surface area contributed by atoms with Gasteiger partial charge in [-0.05, 0) is 17.7 Å². The Bertz CT molecular complexity index is 1140. The Kier molecular flexibility index (Phi) is 4.44. The van der Waals surface area contributed by atoms with Crippen LogP contribution < -0.4 is 16.7 Å². The number of imidazole rings is 1. The van der Waals surface area contributed by atoms with E-state index in [9.17, 15) is 14.7 Å². The lowest BCUT2D eigenvalue weighted by molar-refractivity contribution is 0.475. The first kappa shape index (κ1) is 17.2. The lowest BCUT2D eigenvalue weighted by Gasteiger charge is -2.06. The smallest absolute Gasteiger partial charge is 0.332 e. The number of phenols is 1. The van der Waals surface area contributed by atoms with Crippen molar-refractivity contribution in [3.63, 3.8) is 0 Å². The zero-order chi connectivity index (χ0) is 18.8. The van der Waals surface area contributed by atoms with E-state index in [0.717, 1.165) is 4.57 Å². The van der Waals surface area contributed by atoms with Gasteiger partial charge in [-0.2, -0.15) is 10.1 Å². The number of hydrogen-bond acceptors (Lipinski definition) is 6. The van der Waals surface area contributed by atoms with Crippen LogP contribution >= 0.6 is 0 Å². The van der Waals surface area contributed by atoms with Crippen LogP contribution in [0, 0.1) is 0 Å². The van der Waals surface area contributed by atoms with Crippen molar-refractivity contribution in [1.82, 2.24) is 18.7 Å². The van der Waals surface area contributed by atoms with E-state index in [1.165, 1.54) is 21.4 Å². The fourth-order valence-corrected chi connectivity index (χ4v) is 2.60. The molecule has 26 heavy (non-hydrogen) atoms. The van der Waals surface area contributed by atoms with Crippen molar-refractivity contribution in [2.75, 3.05) is 5.43 Å². The van der Waals surface area contributed by atoms with Crippen LogP contribution in [-0.2, 0) is 20.6 Å². The fourth-order valence-electron chi connectivity index (χ4n) is 2.60. The third-order valence-corrected chi connectivity index (χ3v) is 3.92. The van der Waals surface area contributed by atoms with Crippen molar-refractivity contribution < 1.29 is 5.11 Å². The van der Waals surface area contributed by atoms with E-state index in [0.29, 0.717) is 11.5 Å². The standard InChI is InChI=1S/C17H18N6O3/c1-4-8-23-15(25)13-14(22(3)17(23)26)19-16(21(13)2)20-18-10-11-6-5-7-12(24)9-11/h4-7,9-10,24H,1,8H2,2-3H3,(H,19,20)/b18-10-. The van der Waals surface area contributed by atoms with Crippen LogP contribution in [0.1, 0.15) is 5.56 Å². The maximum atomic E-state index is 12.6. The average Bonchev–Trinajstić information content (AvgIpc) is 2.94. The summed E-state index contributed by atoms with van der Waals surface area (Å²) in [6, 6.07) is 6.59. The van der Waals surface area contributed by atoms with Crippen LogP contribution in [-0.4, -0.2) is 30.0 Å². The summed E-state index contributed by atoms with van der Waals surface area (Å²) in [6.07, 6.45) is 3.00. The van der Waals surface area contributed by atoms with Gasteiger partial charge in [0.15, 0.2) is 11.2 Å². The molecule has 2 N–H and O–H groups in total. The van der Waals surface area contributed by atoms with Gasteiger partial charge < -0.3 is 9.67 Å². The molecule has 3 aromatic rings. The molecule has 0 saturated heterocycles. The predicted molar refractivity (Wildman–Crippen MR) is 99.7 cm³/mol. The molecule has 2 aromatic heterocycles. The van der Waals surface area contributed by atoms with Crippen LogP contribution in [0.3, 0.4) is 0 Å². The average molecular weight is 354 g/mol. The van der Waals surface area contributed by atoms with E-state index in [1.807, 2.05) is 0 Å². The van der Waals surface area contributed by atoms with E-state index < -0.39 is 11.2 Å². The molecule has 0 unspecified atom stereocenters. The third kappa shape index (κ3) is 2.90. The third-order valence-electron chi connectivity index (χ3n) is 3.92. The molecule has 0 fully saturated rings. The molecular weight excluding hydrogens is 336 g/mol. The summed E-state index contributed by atoms with van der Waals surface area (Å²) in [5.41, 5.74) is 3.08. The fraction of sp³-hybridized carbons (Fsp3) is 0.176. The molecule has 9 heteroatoms. The Labute approximate surface area is 148 Å². The highest BCUT2D eigenvalue weighted by molar-refractivity contribution is 5.81. The number of hydrazone groups is 1. The molecule has 134 valence electrons. The Morgan fingerprint density at radius 2 is 2.08 bits per heavy atom. The molecule has 1 aromatic carbocycles. The SMILES string of the molecule is C=CCn1c(=O)c2c(nc(N/N=C\c3cccc(O)c3)n2C)n(C)c1=O. The minimum absolute atomic E-state index is 0.116. The molecule has 0 radical (unpaired) electrons. The molecule has 0 aliphatic rings. The second-order valence-electron chi connectivity index (χ2n) is 5.68. The van der Waals surface area contributed by atoms with Gasteiger partial charge >= 0.3 is 5.69 Å². The van der Waals surface area contributed by atoms with Gasteiger partial charge in [-0.3, -0.25) is 13.9 Å². The molecule has 3 rings (SSSR count). The molecule has 0 aliphatic heterocycles. The zero-order valence-electron chi connectivity index (χ0n) is 14.4. The Morgan fingerprint density at radius 1 is 1.31 bits per heavy atom. The molecule has 0 atom stereocenters. The summed E-state index contributed by atoms with van der Waals surface area (Å²) in [5, 5.41) is 13.5. The first-order valence-electron chi connectivity index (χ1n) is 7.79. The summed E-state index contributed by atoms with van der Waals surface area (Å²) < 4.78 is 3.94. The molecule has 0 amide bonds. The van der Waals surface area contributed by atoms with Crippen molar-refractivity contribution in [2.24, 2.45) is 19.2 Å². The Hall–Kier alpha value is -3.62. The number of aryl methyl sites for hydroxylation is 2. The lowest BCUT2D eigenvalue weighted by Crippen LogP contribution is -2.39. The van der Waals surface area contributed by atoms with Crippen LogP contribution in [0.15, 0.2) is 51.6 Å². The summed E-state index contributed by atoms with van der Waals surface area (Å²) in [6.45, 7) is 3.69. The Morgan fingerprint density at radius 3 is 2.77 bits per heavy atom. The minimum Gasteiger partial charge on any atom is -0.508 e. The zero-order valence-corrected chi connectivity index (χ0v) is 14.4. The second kappa shape index (κ2) is 6.71. The molecule has 2 heterocycles. The van der Waals surface area contributed by atoms with Crippen molar-refractivity contribution in [3.05, 3.63) is 63.3 Å². The van der Waals surface area contributed by atoms with Gasteiger partial charge in [0.1, 0.15) is 5.75 Å². The quantitative estimate of drug-likeness (QED) is 0.400. The Balaban J connectivity index is 2.03. The highest BCUT2D eigenvalue weighted by atomic mass is 16.3. The number of aromatic hydroxyl groups is 1. The number of nitrogens with zero attached hydrogens (tertiary/aromatic N) is 5. The van der Waals surface area contributed by atoms with E-state index in [2.05, 4.69) is 22.1 Å². The lowest BCUT2D eigenvalue weighted by atomic mass is 10.2. The van der Waals surface area contributed by atoms with Crippen molar-refractivity contribution >= 4 is 23.3 Å². The van der Waals surface area contributed by atoms with Crippen LogP contribution in [0.2, 0.25) is 0 Å². The number of nitrogens with one attached hydrogen (secondary N) is 1. The minimum atomic E-state index is -0.463. The number of fused-ring (bicyclic) bond motifs is 1. The number of benzene rings is 1. The summed E-state index contributed by atoms with van der Waals surface area (Å²) >= 11 is 0. The number of anilines is 1. The van der Waals surface area contributed by atoms with Crippen LogP contribution in [0.25, 0.3) is 11.2 Å². The predicted octanol–water partition coefficient (Wildman–Crippen LogP) is 0.771. The monoisotopic (exact) mass is 354 g/mol. The second-order valence-corrected chi connectivity index (χ2v) is 5.68. The van der Waals surface area contributed by atoms with E-state index >= 15 is 0 Å². The van der Waals surface area contributed by atoms with Crippen molar-refractivity contribution in [3.8, 4) is 5.75 Å². The van der Waals surface area contributed by atoms with Gasteiger partial charge in [0.25, 0.3) is 5.56 Å². The first-order chi connectivity index (χ1) is 12.4. The summed E-state index contributed by atoms with van der Waals surface area (Å²) in [5.74, 6) is 0.439. The normalized spacial score (nSPS) is 11.3. The number of allylic oxidation sites excluding steroid dienone is 1. The number of aromatic nitrogens is 4. The highest BCUT2D eigenvalue weighted by Gasteiger charge is 2.17. The summed E-state index contributed by atoms with van der Waals surface area (Å²) in [7, 11) is 3.21. The number of phenolic OH excluding ortho intramolecular Hbond substituents is 1. The summed E-state index contributed by atoms with van der Waals surface area (Å²) in [4.78, 5) is 29.2. The van der Waals surface area contributed by atoms with Crippen LogP contribution in [0.5, 0.6) is 5.75 Å². The van der Waals surface area contributed by atoms with Crippen molar-refractivity contribution in [1.29, 1.82) is 0 Å². The largest absolute Gasteiger partial charge is 0.508 e. The van der Waals surface area contributed by atoms with Gasteiger partial charge in [-0.15, -0.1) is 6.58 Å². The van der Waals surface area contributed by atoms with Crippen LogP contribution in [0.4, 0.5) is 5.95 Å².